The summed E-state index contributed by atoms with van der Waals surface area (Å²) in [6.45, 7) is 0. The largest absolute Gasteiger partial charge is 0.391 e. The molecule has 3 N–H and O–H groups in total. The second-order valence-electron chi connectivity index (χ2n) is 5.06. The summed E-state index contributed by atoms with van der Waals surface area (Å²) in [5, 5.41) is 10.3. The van der Waals surface area contributed by atoms with E-state index in [1.807, 2.05) is 0 Å². The maximum absolute atomic E-state index is 13.9. The first-order valence-corrected chi connectivity index (χ1v) is 7.28. The molecule has 1 aliphatic carbocycles. The van der Waals surface area contributed by atoms with Crippen molar-refractivity contribution in [2.24, 2.45) is 11.7 Å². The molecule has 1 aromatic rings. The van der Waals surface area contributed by atoms with Crippen molar-refractivity contribution in [3.8, 4) is 0 Å². The maximum atomic E-state index is 13.9. The Morgan fingerprint density at radius 3 is 2.61 bits per heavy atom. The Balaban J connectivity index is 2.14. The van der Waals surface area contributed by atoms with Gasteiger partial charge in [-0.2, -0.15) is 0 Å². The van der Waals surface area contributed by atoms with Gasteiger partial charge in [-0.05, 0) is 40.8 Å². The third kappa shape index (κ3) is 2.92. The van der Waals surface area contributed by atoms with E-state index in [2.05, 4.69) is 15.9 Å². The summed E-state index contributed by atoms with van der Waals surface area (Å²) in [6, 6.07) is 4.39. The maximum Gasteiger partial charge on any atom is 0.142 e. The van der Waals surface area contributed by atoms with Gasteiger partial charge in [0.2, 0.25) is 0 Å². The first kappa shape index (κ1) is 14.0. The summed E-state index contributed by atoms with van der Waals surface area (Å²) in [6.07, 6.45) is 4.82. The summed E-state index contributed by atoms with van der Waals surface area (Å²) >= 11 is 3.15. The zero-order chi connectivity index (χ0) is 13.1. The Hall–Kier alpha value is -0.450. The average Bonchev–Trinajstić information content (AvgIpc) is 2.41. The number of nitrogens with two attached hydrogens (primary N) is 1. The quantitative estimate of drug-likeness (QED) is 0.896. The van der Waals surface area contributed by atoms with Gasteiger partial charge in [0.25, 0.3) is 0 Å². The molecule has 0 bridgehead atoms. The Labute approximate surface area is 116 Å². The molecular formula is C14H19BrFNO. The van der Waals surface area contributed by atoms with Crippen molar-refractivity contribution in [3.05, 3.63) is 34.1 Å². The number of hydrogen-bond acceptors (Lipinski definition) is 2. The predicted octanol–water partition coefficient (Wildman–Crippen LogP) is 3.53. The number of aliphatic hydroxyl groups is 1. The molecule has 4 heteroatoms. The molecule has 1 saturated carbocycles. The van der Waals surface area contributed by atoms with Gasteiger partial charge in [-0.25, -0.2) is 4.39 Å². The van der Waals surface area contributed by atoms with E-state index in [0.717, 1.165) is 25.7 Å². The molecule has 0 spiro atoms. The second-order valence-corrected chi connectivity index (χ2v) is 5.91. The van der Waals surface area contributed by atoms with E-state index in [9.17, 15) is 9.50 Å². The molecule has 0 saturated heterocycles. The van der Waals surface area contributed by atoms with Crippen molar-refractivity contribution in [1.82, 2.24) is 0 Å². The summed E-state index contributed by atoms with van der Waals surface area (Å²) in [7, 11) is 0. The van der Waals surface area contributed by atoms with E-state index >= 15 is 0 Å². The van der Waals surface area contributed by atoms with Crippen LogP contribution in [0.1, 0.15) is 43.7 Å². The lowest BCUT2D eigenvalue weighted by molar-refractivity contribution is 0.0607. The number of benzene rings is 1. The van der Waals surface area contributed by atoms with Crippen molar-refractivity contribution >= 4 is 15.9 Å². The summed E-state index contributed by atoms with van der Waals surface area (Å²) in [5.74, 6) is -0.160. The average molecular weight is 316 g/mol. The lowest BCUT2D eigenvalue weighted by Gasteiger charge is -2.30. The van der Waals surface area contributed by atoms with E-state index in [4.69, 9.17) is 5.73 Å². The highest BCUT2D eigenvalue weighted by Gasteiger charge is 2.29. The van der Waals surface area contributed by atoms with Gasteiger partial charge < -0.3 is 10.8 Å². The molecule has 0 aliphatic heterocycles. The molecule has 100 valence electrons. The summed E-state index contributed by atoms with van der Waals surface area (Å²) in [4.78, 5) is 0. The third-order valence-corrected chi connectivity index (χ3v) is 4.45. The Bertz CT molecular complexity index is 407. The third-order valence-electron chi connectivity index (χ3n) is 3.84. The van der Waals surface area contributed by atoms with E-state index in [0.29, 0.717) is 10.0 Å². The monoisotopic (exact) mass is 315 g/mol. The molecular weight excluding hydrogens is 297 g/mol. The van der Waals surface area contributed by atoms with E-state index in [1.165, 1.54) is 6.42 Å². The molecule has 0 radical (unpaired) electrons. The van der Waals surface area contributed by atoms with E-state index in [1.54, 1.807) is 18.2 Å². The van der Waals surface area contributed by atoms with Crippen LogP contribution in [0, 0.1) is 11.7 Å². The van der Waals surface area contributed by atoms with Crippen molar-refractivity contribution in [3.63, 3.8) is 0 Å². The standard InChI is InChI=1S/C14H19BrFNO/c15-11-8-4-7-10(12(11)16)13(17)14(18)9-5-2-1-3-6-9/h4,7-9,13-14,18H,1-3,5-6,17H2/t13-,14+/m0/s1. The van der Waals surface area contributed by atoms with Gasteiger partial charge in [0, 0.05) is 5.56 Å². The lowest BCUT2D eigenvalue weighted by Crippen LogP contribution is -2.34. The fraction of sp³-hybridized carbons (Fsp3) is 0.571. The van der Waals surface area contributed by atoms with Crippen LogP contribution in [0.25, 0.3) is 0 Å². The first-order valence-electron chi connectivity index (χ1n) is 6.49. The highest BCUT2D eigenvalue weighted by atomic mass is 79.9. The van der Waals surface area contributed by atoms with Gasteiger partial charge in [0.1, 0.15) is 5.82 Å². The van der Waals surface area contributed by atoms with Crippen molar-refractivity contribution in [1.29, 1.82) is 0 Å². The molecule has 0 aromatic heterocycles. The smallest absolute Gasteiger partial charge is 0.142 e. The van der Waals surface area contributed by atoms with Crippen molar-refractivity contribution < 1.29 is 9.50 Å². The summed E-state index contributed by atoms with van der Waals surface area (Å²) in [5.41, 5.74) is 6.42. The SMILES string of the molecule is N[C@@H](c1cccc(Br)c1F)[C@H](O)C1CCCCC1. The zero-order valence-corrected chi connectivity index (χ0v) is 11.9. The van der Waals surface area contributed by atoms with Crippen LogP contribution in [0.2, 0.25) is 0 Å². The molecule has 1 fully saturated rings. The molecule has 1 aliphatic rings. The molecule has 0 heterocycles. The normalized spacial score (nSPS) is 20.7. The fourth-order valence-corrected chi connectivity index (χ4v) is 3.11. The van der Waals surface area contributed by atoms with Crippen molar-refractivity contribution in [2.75, 3.05) is 0 Å². The molecule has 0 amide bonds. The van der Waals surface area contributed by atoms with Gasteiger partial charge >= 0.3 is 0 Å². The molecule has 0 unspecified atom stereocenters. The number of rotatable bonds is 3. The van der Waals surface area contributed by atoms with Crippen LogP contribution < -0.4 is 5.73 Å². The van der Waals surface area contributed by atoms with E-state index in [-0.39, 0.29) is 11.7 Å². The number of aliphatic hydroxyl groups excluding tert-OH is 1. The first-order chi connectivity index (χ1) is 8.61. The Morgan fingerprint density at radius 2 is 1.94 bits per heavy atom. The number of halogens is 2. The lowest BCUT2D eigenvalue weighted by atomic mass is 9.81. The van der Waals surface area contributed by atoms with Crippen LogP contribution in [0.15, 0.2) is 22.7 Å². The van der Waals surface area contributed by atoms with Gasteiger partial charge in [-0.15, -0.1) is 0 Å². The van der Waals surface area contributed by atoms with Crippen LogP contribution in [0.4, 0.5) is 4.39 Å². The second kappa shape index (κ2) is 6.13. The zero-order valence-electron chi connectivity index (χ0n) is 10.3. The molecule has 1 aromatic carbocycles. The van der Waals surface area contributed by atoms with Gasteiger partial charge in [-0.3, -0.25) is 0 Å². The minimum absolute atomic E-state index is 0.201. The highest BCUT2D eigenvalue weighted by Crippen LogP contribution is 2.33. The van der Waals surface area contributed by atoms with Gasteiger partial charge in [-0.1, -0.05) is 31.4 Å². The molecule has 2 atom stereocenters. The van der Waals surface area contributed by atoms with E-state index < -0.39 is 12.1 Å². The van der Waals surface area contributed by atoms with Crippen LogP contribution in [0.5, 0.6) is 0 Å². The highest BCUT2D eigenvalue weighted by molar-refractivity contribution is 9.10. The molecule has 2 rings (SSSR count). The van der Waals surface area contributed by atoms with Crippen molar-refractivity contribution in [2.45, 2.75) is 44.2 Å². The molecule has 18 heavy (non-hydrogen) atoms. The van der Waals surface area contributed by atoms with Gasteiger partial charge in [0.15, 0.2) is 0 Å². The van der Waals surface area contributed by atoms with Crippen LogP contribution in [0.3, 0.4) is 0 Å². The van der Waals surface area contributed by atoms with Gasteiger partial charge in [0.05, 0.1) is 16.6 Å². The van der Waals surface area contributed by atoms with Crippen LogP contribution in [-0.2, 0) is 0 Å². The Morgan fingerprint density at radius 1 is 1.28 bits per heavy atom. The predicted molar refractivity (Wildman–Crippen MR) is 73.6 cm³/mol. The van der Waals surface area contributed by atoms with Crippen LogP contribution in [-0.4, -0.2) is 11.2 Å². The fourth-order valence-electron chi connectivity index (χ4n) is 2.73. The minimum atomic E-state index is -0.658. The molecule has 2 nitrogen and oxygen atoms in total. The topological polar surface area (TPSA) is 46.2 Å². The minimum Gasteiger partial charge on any atom is -0.391 e. The van der Waals surface area contributed by atoms with Crippen LogP contribution >= 0.6 is 15.9 Å². The number of hydrogen-bond donors (Lipinski definition) is 2. The summed E-state index contributed by atoms with van der Waals surface area (Å²) < 4.78 is 14.3. The Kier molecular flexibility index (Phi) is 4.76.